The van der Waals surface area contributed by atoms with Crippen LogP contribution in [0.25, 0.3) is 0 Å². The Bertz CT molecular complexity index is 581. The molecule has 0 saturated carbocycles. The van der Waals surface area contributed by atoms with Crippen LogP contribution in [-0.4, -0.2) is 61.8 Å². The van der Waals surface area contributed by atoms with Gasteiger partial charge in [-0.2, -0.15) is 0 Å². The Balaban J connectivity index is 0.00000243. The Morgan fingerprint density at radius 2 is 2.04 bits per heavy atom. The zero-order chi connectivity index (χ0) is 17.5. The molecule has 3 rings (SSSR count). The number of piperidine rings is 1. The lowest BCUT2D eigenvalue weighted by Gasteiger charge is -2.38. The molecule has 2 heterocycles. The van der Waals surface area contributed by atoms with E-state index in [1.165, 1.54) is 0 Å². The largest absolute Gasteiger partial charge is 0.366 e. The normalized spacial score (nSPS) is 22.8. The number of morpholine rings is 1. The van der Waals surface area contributed by atoms with Crippen molar-refractivity contribution in [2.45, 2.75) is 31.4 Å². The standard InChI is InChI=1S/C18H26N4O3.ClH/c23-17(16-13-19-9-11-25-16)22-10-5-4-8-15(22)12-20-18(24)21-14-6-2-1-3-7-14;/h1-3,6-7,15-16,19H,4-5,8-13H2,(H2,20,21,24);1H. The molecule has 2 saturated heterocycles. The molecule has 0 aliphatic carbocycles. The van der Waals surface area contributed by atoms with Crippen molar-refractivity contribution in [1.82, 2.24) is 15.5 Å². The van der Waals surface area contributed by atoms with E-state index in [4.69, 9.17) is 4.74 Å². The van der Waals surface area contributed by atoms with E-state index >= 15 is 0 Å². The number of halogens is 1. The highest BCUT2D eigenvalue weighted by Crippen LogP contribution is 2.18. The molecule has 0 aromatic heterocycles. The van der Waals surface area contributed by atoms with Crippen molar-refractivity contribution >= 4 is 30.0 Å². The number of anilines is 1. The van der Waals surface area contributed by atoms with Crippen LogP contribution < -0.4 is 16.0 Å². The van der Waals surface area contributed by atoms with E-state index in [9.17, 15) is 9.59 Å². The summed E-state index contributed by atoms with van der Waals surface area (Å²) in [6.07, 6.45) is 2.56. The van der Waals surface area contributed by atoms with Gasteiger partial charge in [-0.25, -0.2) is 4.79 Å². The van der Waals surface area contributed by atoms with Crippen molar-refractivity contribution in [1.29, 1.82) is 0 Å². The SMILES string of the molecule is Cl.O=C(NCC1CCCCN1C(=O)C1CNCCO1)Nc1ccccc1. The molecule has 0 radical (unpaired) electrons. The minimum Gasteiger partial charge on any atom is -0.366 e. The lowest BCUT2D eigenvalue weighted by atomic mass is 10.0. The van der Waals surface area contributed by atoms with Crippen LogP contribution in [0, 0.1) is 0 Å². The van der Waals surface area contributed by atoms with Gasteiger partial charge < -0.3 is 25.6 Å². The average molecular weight is 383 g/mol. The van der Waals surface area contributed by atoms with Crippen LogP contribution in [0.3, 0.4) is 0 Å². The first-order valence-electron chi connectivity index (χ1n) is 8.97. The molecule has 144 valence electrons. The summed E-state index contributed by atoms with van der Waals surface area (Å²) in [6, 6.07) is 9.09. The topological polar surface area (TPSA) is 82.7 Å². The van der Waals surface area contributed by atoms with Gasteiger partial charge in [0.05, 0.1) is 6.61 Å². The number of carbonyl (C=O) groups is 2. The van der Waals surface area contributed by atoms with Crippen LogP contribution in [-0.2, 0) is 9.53 Å². The lowest BCUT2D eigenvalue weighted by molar-refractivity contribution is -0.148. The quantitative estimate of drug-likeness (QED) is 0.738. The highest BCUT2D eigenvalue weighted by atomic mass is 35.5. The maximum atomic E-state index is 12.7. The summed E-state index contributed by atoms with van der Waals surface area (Å²) in [6.45, 7) is 3.08. The van der Waals surface area contributed by atoms with Gasteiger partial charge in [0, 0.05) is 37.9 Å². The number of benzene rings is 1. The molecule has 2 aliphatic rings. The Kier molecular flexibility index (Phi) is 8.15. The summed E-state index contributed by atoms with van der Waals surface area (Å²) in [5.41, 5.74) is 0.748. The maximum Gasteiger partial charge on any atom is 0.319 e. The van der Waals surface area contributed by atoms with E-state index in [1.807, 2.05) is 35.2 Å². The van der Waals surface area contributed by atoms with Crippen LogP contribution in [0.1, 0.15) is 19.3 Å². The summed E-state index contributed by atoms with van der Waals surface area (Å²) in [4.78, 5) is 26.7. The lowest BCUT2D eigenvalue weighted by Crippen LogP contribution is -2.56. The predicted octanol–water partition coefficient (Wildman–Crippen LogP) is 1.60. The van der Waals surface area contributed by atoms with E-state index in [-0.39, 0.29) is 30.4 Å². The van der Waals surface area contributed by atoms with Crippen molar-refractivity contribution in [3.63, 3.8) is 0 Å². The first-order chi connectivity index (χ1) is 12.2. The molecule has 0 spiro atoms. The fourth-order valence-corrected chi connectivity index (χ4v) is 3.32. The molecule has 2 atom stereocenters. The summed E-state index contributed by atoms with van der Waals surface area (Å²) in [5.74, 6) is 0.0298. The first kappa shape index (κ1) is 20.5. The molecule has 1 aromatic rings. The number of hydrogen-bond acceptors (Lipinski definition) is 4. The molecule has 26 heavy (non-hydrogen) atoms. The summed E-state index contributed by atoms with van der Waals surface area (Å²) >= 11 is 0. The molecule has 1 aromatic carbocycles. The number of hydrogen-bond donors (Lipinski definition) is 3. The zero-order valence-corrected chi connectivity index (χ0v) is 15.6. The molecule has 0 bridgehead atoms. The predicted molar refractivity (Wildman–Crippen MR) is 103 cm³/mol. The minimum atomic E-state index is -0.410. The third kappa shape index (κ3) is 5.59. The number of nitrogens with one attached hydrogen (secondary N) is 3. The van der Waals surface area contributed by atoms with E-state index in [2.05, 4.69) is 16.0 Å². The van der Waals surface area contributed by atoms with Gasteiger partial charge in [-0.05, 0) is 31.4 Å². The molecular weight excluding hydrogens is 356 g/mol. The van der Waals surface area contributed by atoms with E-state index in [1.54, 1.807) is 0 Å². The van der Waals surface area contributed by atoms with Gasteiger partial charge in [0.1, 0.15) is 6.10 Å². The Hall–Kier alpha value is -1.83. The van der Waals surface area contributed by atoms with Gasteiger partial charge in [-0.15, -0.1) is 12.4 Å². The van der Waals surface area contributed by atoms with E-state index in [0.717, 1.165) is 38.0 Å². The van der Waals surface area contributed by atoms with Crippen LogP contribution >= 0.6 is 12.4 Å². The Labute approximate surface area is 160 Å². The number of ether oxygens (including phenoxy) is 1. The van der Waals surface area contributed by atoms with Gasteiger partial charge in [0.25, 0.3) is 5.91 Å². The van der Waals surface area contributed by atoms with E-state index < -0.39 is 6.10 Å². The van der Waals surface area contributed by atoms with Crippen LogP contribution in [0.4, 0.5) is 10.5 Å². The van der Waals surface area contributed by atoms with Crippen molar-refractivity contribution < 1.29 is 14.3 Å². The number of urea groups is 1. The number of nitrogens with zero attached hydrogens (tertiary/aromatic N) is 1. The third-order valence-electron chi connectivity index (χ3n) is 4.64. The summed E-state index contributed by atoms with van der Waals surface area (Å²) in [7, 11) is 0. The van der Waals surface area contributed by atoms with Crippen molar-refractivity contribution in [2.24, 2.45) is 0 Å². The Morgan fingerprint density at radius 3 is 2.77 bits per heavy atom. The van der Waals surface area contributed by atoms with Crippen molar-refractivity contribution in [2.75, 3.05) is 38.1 Å². The van der Waals surface area contributed by atoms with Gasteiger partial charge in [0.15, 0.2) is 0 Å². The second kappa shape index (κ2) is 10.4. The van der Waals surface area contributed by atoms with Crippen molar-refractivity contribution in [3.8, 4) is 0 Å². The molecular formula is C18H27ClN4O3. The summed E-state index contributed by atoms with van der Waals surface area (Å²) < 4.78 is 5.59. The zero-order valence-electron chi connectivity index (χ0n) is 14.8. The highest BCUT2D eigenvalue weighted by Gasteiger charge is 2.33. The number of carbonyl (C=O) groups excluding carboxylic acids is 2. The fraction of sp³-hybridized carbons (Fsp3) is 0.556. The molecule has 2 aliphatic heterocycles. The first-order valence-corrected chi connectivity index (χ1v) is 8.97. The number of likely N-dealkylation sites (tertiary alicyclic amines) is 1. The molecule has 2 fully saturated rings. The number of rotatable bonds is 4. The van der Waals surface area contributed by atoms with E-state index in [0.29, 0.717) is 19.7 Å². The smallest absolute Gasteiger partial charge is 0.319 e. The third-order valence-corrected chi connectivity index (χ3v) is 4.64. The average Bonchev–Trinajstić information content (AvgIpc) is 2.67. The highest BCUT2D eigenvalue weighted by molar-refractivity contribution is 5.89. The van der Waals surface area contributed by atoms with Crippen LogP contribution in [0.5, 0.6) is 0 Å². The molecule has 7 nitrogen and oxygen atoms in total. The molecule has 3 amide bonds. The second-order valence-corrected chi connectivity index (χ2v) is 6.45. The van der Waals surface area contributed by atoms with Crippen LogP contribution in [0.15, 0.2) is 30.3 Å². The van der Waals surface area contributed by atoms with Crippen LogP contribution in [0.2, 0.25) is 0 Å². The van der Waals surface area contributed by atoms with Gasteiger partial charge in [-0.3, -0.25) is 4.79 Å². The number of para-hydroxylation sites is 1. The van der Waals surface area contributed by atoms with Crippen molar-refractivity contribution in [3.05, 3.63) is 30.3 Å². The minimum absolute atomic E-state index is 0. The molecule has 8 heteroatoms. The maximum absolute atomic E-state index is 12.7. The Morgan fingerprint density at radius 1 is 1.23 bits per heavy atom. The monoisotopic (exact) mass is 382 g/mol. The van der Waals surface area contributed by atoms with Gasteiger partial charge in [-0.1, -0.05) is 18.2 Å². The molecule has 3 N–H and O–H groups in total. The van der Waals surface area contributed by atoms with Gasteiger partial charge in [0.2, 0.25) is 0 Å². The fourth-order valence-electron chi connectivity index (χ4n) is 3.32. The van der Waals surface area contributed by atoms with Gasteiger partial charge >= 0.3 is 6.03 Å². The second-order valence-electron chi connectivity index (χ2n) is 6.45. The molecule has 2 unspecified atom stereocenters. The number of amides is 3. The summed E-state index contributed by atoms with van der Waals surface area (Å²) in [5, 5.41) is 8.88.